The number of anilines is 1. The molecular formula is C10H11N7O. The average Bonchev–Trinajstić information content (AvgIpc) is 3.00. The highest BCUT2D eigenvalue weighted by molar-refractivity contribution is 5.44. The second-order valence-electron chi connectivity index (χ2n) is 3.91. The Labute approximate surface area is 101 Å². The van der Waals surface area contributed by atoms with Crippen LogP contribution in [0.1, 0.15) is 18.5 Å². The highest BCUT2D eigenvalue weighted by Crippen LogP contribution is 2.15. The zero-order valence-corrected chi connectivity index (χ0v) is 9.58. The van der Waals surface area contributed by atoms with Crippen molar-refractivity contribution >= 4 is 11.5 Å². The fourth-order valence-electron chi connectivity index (χ4n) is 1.68. The molecule has 0 aliphatic heterocycles. The molecule has 3 heterocycles. The molecule has 3 aromatic heterocycles. The van der Waals surface area contributed by atoms with Gasteiger partial charge in [0.2, 0.25) is 0 Å². The van der Waals surface area contributed by atoms with Crippen LogP contribution in [0, 0.1) is 0 Å². The first-order valence-electron chi connectivity index (χ1n) is 5.44. The molecule has 0 aliphatic carbocycles. The third-order valence-electron chi connectivity index (χ3n) is 2.66. The van der Waals surface area contributed by atoms with Crippen LogP contribution in [0.5, 0.6) is 0 Å². The van der Waals surface area contributed by atoms with Crippen molar-refractivity contribution in [2.24, 2.45) is 0 Å². The predicted octanol–water partition coefficient (Wildman–Crippen LogP) is 0.314. The fourth-order valence-corrected chi connectivity index (χ4v) is 1.68. The van der Waals surface area contributed by atoms with Gasteiger partial charge in [-0.1, -0.05) is 0 Å². The standard InChI is InChI=1S/C10H11N7O/c1-6(7-4-11-12-5-7)13-8-2-3-9-14-15-10(18)17(9)16-8/h2-6H,1H3,(H,11,12)(H,13,16)(H,15,18). The maximum atomic E-state index is 11.4. The molecule has 0 amide bonds. The Bertz CT molecular complexity index is 711. The molecule has 0 fully saturated rings. The second kappa shape index (κ2) is 3.99. The minimum absolute atomic E-state index is 0.0382. The molecular weight excluding hydrogens is 234 g/mol. The fraction of sp³-hybridized carbons (Fsp3) is 0.200. The molecule has 8 heteroatoms. The summed E-state index contributed by atoms with van der Waals surface area (Å²) in [6, 6.07) is 3.53. The van der Waals surface area contributed by atoms with E-state index >= 15 is 0 Å². The van der Waals surface area contributed by atoms with Crippen molar-refractivity contribution in [3.8, 4) is 0 Å². The lowest BCUT2D eigenvalue weighted by molar-refractivity contribution is 0.831. The summed E-state index contributed by atoms with van der Waals surface area (Å²) >= 11 is 0. The Morgan fingerprint density at radius 2 is 2.33 bits per heavy atom. The van der Waals surface area contributed by atoms with Crippen LogP contribution in [0.15, 0.2) is 29.3 Å². The summed E-state index contributed by atoms with van der Waals surface area (Å²) in [6.45, 7) is 1.98. The zero-order valence-electron chi connectivity index (χ0n) is 9.58. The summed E-state index contributed by atoms with van der Waals surface area (Å²) in [5.41, 5.74) is 1.14. The third kappa shape index (κ3) is 1.73. The van der Waals surface area contributed by atoms with E-state index in [0.717, 1.165) is 5.56 Å². The average molecular weight is 245 g/mol. The molecule has 3 rings (SSSR count). The van der Waals surface area contributed by atoms with E-state index < -0.39 is 0 Å². The van der Waals surface area contributed by atoms with Gasteiger partial charge in [-0.2, -0.15) is 14.7 Å². The zero-order chi connectivity index (χ0) is 12.5. The van der Waals surface area contributed by atoms with Gasteiger partial charge in [-0.25, -0.2) is 9.89 Å². The molecule has 8 nitrogen and oxygen atoms in total. The lowest BCUT2D eigenvalue weighted by Gasteiger charge is -2.11. The quantitative estimate of drug-likeness (QED) is 0.616. The van der Waals surface area contributed by atoms with Crippen molar-refractivity contribution in [2.45, 2.75) is 13.0 Å². The van der Waals surface area contributed by atoms with Gasteiger partial charge in [-0.05, 0) is 19.1 Å². The Hall–Kier alpha value is -2.64. The van der Waals surface area contributed by atoms with Crippen molar-refractivity contribution in [1.29, 1.82) is 0 Å². The van der Waals surface area contributed by atoms with Crippen molar-refractivity contribution in [1.82, 2.24) is 30.0 Å². The monoisotopic (exact) mass is 245 g/mol. The number of hydrogen-bond donors (Lipinski definition) is 3. The van der Waals surface area contributed by atoms with E-state index in [1.54, 1.807) is 24.5 Å². The van der Waals surface area contributed by atoms with Gasteiger partial charge in [0.25, 0.3) is 0 Å². The van der Waals surface area contributed by atoms with E-state index in [-0.39, 0.29) is 11.7 Å². The lowest BCUT2D eigenvalue weighted by Crippen LogP contribution is -2.15. The molecule has 18 heavy (non-hydrogen) atoms. The van der Waals surface area contributed by atoms with E-state index in [1.807, 2.05) is 6.92 Å². The van der Waals surface area contributed by atoms with Gasteiger partial charge in [0.15, 0.2) is 5.65 Å². The number of rotatable bonds is 3. The summed E-state index contributed by atoms with van der Waals surface area (Å²) in [5, 5.41) is 20.1. The smallest absolute Gasteiger partial charge is 0.362 e. The van der Waals surface area contributed by atoms with Crippen LogP contribution in [0.3, 0.4) is 0 Å². The van der Waals surface area contributed by atoms with Crippen molar-refractivity contribution in [3.63, 3.8) is 0 Å². The molecule has 0 aromatic carbocycles. The summed E-state index contributed by atoms with van der Waals surface area (Å²) < 4.78 is 1.21. The largest absolute Gasteiger partial charge is 0.364 e. The third-order valence-corrected chi connectivity index (χ3v) is 2.66. The van der Waals surface area contributed by atoms with E-state index in [9.17, 15) is 4.79 Å². The molecule has 3 aromatic rings. The first-order chi connectivity index (χ1) is 8.74. The second-order valence-corrected chi connectivity index (χ2v) is 3.91. The number of fused-ring (bicyclic) bond motifs is 1. The minimum atomic E-state index is -0.357. The van der Waals surface area contributed by atoms with Crippen molar-refractivity contribution in [3.05, 3.63) is 40.6 Å². The molecule has 0 aliphatic rings. The Morgan fingerprint density at radius 3 is 3.11 bits per heavy atom. The Balaban J connectivity index is 1.90. The number of hydrogen-bond acceptors (Lipinski definition) is 5. The molecule has 0 radical (unpaired) electrons. The summed E-state index contributed by atoms with van der Waals surface area (Å²) in [7, 11) is 0. The van der Waals surface area contributed by atoms with E-state index in [0.29, 0.717) is 11.5 Å². The number of aromatic amines is 2. The molecule has 1 atom stereocenters. The van der Waals surface area contributed by atoms with Gasteiger partial charge in [0, 0.05) is 11.8 Å². The minimum Gasteiger partial charge on any atom is -0.362 e. The maximum Gasteiger partial charge on any atom is 0.364 e. The van der Waals surface area contributed by atoms with Gasteiger partial charge < -0.3 is 5.32 Å². The molecule has 3 N–H and O–H groups in total. The topological polar surface area (TPSA) is 104 Å². The van der Waals surface area contributed by atoms with Crippen LogP contribution in [-0.4, -0.2) is 30.0 Å². The van der Waals surface area contributed by atoms with E-state index in [2.05, 4.69) is 30.8 Å². The Morgan fingerprint density at radius 1 is 1.44 bits per heavy atom. The molecule has 1 unspecified atom stereocenters. The SMILES string of the molecule is CC(Nc1ccc2n[nH]c(=O)n2n1)c1cn[nH]c1. The number of aromatic nitrogens is 6. The molecule has 0 saturated heterocycles. The first kappa shape index (κ1) is 10.5. The molecule has 0 spiro atoms. The van der Waals surface area contributed by atoms with Gasteiger partial charge in [-0.15, -0.1) is 5.10 Å². The highest BCUT2D eigenvalue weighted by Gasteiger charge is 2.08. The summed E-state index contributed by atoms with van der Waals surface area (Å²) in [4.78, 5) is 11.4. The lowest BCUT2D eigenvalue weighted by atomic mass is 10.2. The molecule has 92 valence electrons. The number of nitrogens with one attached hydrogen (secondary N) is 3. The normalized spacial score (nSPS) is 12.7. The van der Waals surface area contributed by atoms with Gasteiger partial charge in [-0.3, -0.25) is 5.10 Å². The predicted molar refractivity (Wildman–Crippen MR) is 64.2 cm³/mol. The van der Waals surface area contributed by atoms with E-state index in [4.69, 9.17) is 0 Å². The summed E-state index contributed by atoms with van der Waals surface area (Å²) in [5.74, 6) is 0.597. The van der Waals surface area contributed by atoms with Crippen LogP contribution >= 0.6 is 0 Å². The Kier molecular flexibility index (Phi) is 2.33. The van der Waals surface area contributed by atoms with Crippen LogP contribution in [-0.2, 0) is 0 Å². The highest BCUT2D eigenvalue weighted by atomic mass is 16.2. The van der Waals surface area contributed by atoms with E-state index in [1.165, 1.54) is 4.52 Å². The summed E-state index contributed by atoms with van der Waals surface area (Å²) in [6.07, 6.45) is 3.54. The maximum absolute atomic E-state index is 11.4. The number of nitrogens with zero attached hydrogens (tertiary/aromatic N) is 4. The van der Waals surface area contributed by atoms with Gasteiger partial charge >= 0.3 is 5.69 Å². The molecule has 0 bridgehead atoms. The van der Waals surface area contributed by atoms with Crippen LogP contribution in [0.4, 0.5) is 5.82 Å². The first-order valence-corrected chi connectivity index (χ1v) is 5.44. The molecule has 0 saturated carbocycles. The number of H-pyrrole nitrogens is 2. The van der Waals surface area contributed by atoms with Crippen LogP contribution < -0.4 is 11.0 Å². The van der Waals surface area contributed by atoms with Crippen molar-refractivity contribution < 1.29 is 0 Å². The van der Waals surface area contributed by atoms with Crippen LogP contribution in [0.25, 0.3) is 5.65 Å². The van der Waals surface area contributed by atoms with Crippen molar-refractivity contribution in [2.75, 3.05) is 5.32 Å². The van der Waals surface area contributed by atoms with Gasteiger partial charge in [0.05, 0.1) is 12.2 Å². The van der Waals surface area contributed by atoms with Crippen LogP contribution in [0.2, 0.25) is 0 Å². The van der Waals surface area contributed by atoms with Gasteiger partial charge in [0.1, 0.15) is 5.82 Å².